The number of nitrogens with one attached hydrogen (secondary N) is 3. The number of ether oxygens (including phenoxy) is 2. The van der Waals surface area contributed by atoms with Crippen molar-refractivity contribution in [3.8, 4) is 11.6 Å². The van der Waals surface area contributed by atoms with Crippen LogP contribution in [-0.2, 0) is 24.4 Å². The van der Waals surface area contributed by atoms with Gasteiger partial charge in [-0.15, -0.1) is 6.58 Å². The van der Waals surface area contributed by atoms with Crippen LogP contribution in [0, 0.1) is 11.3 Å². The van der Waals surface area contributed by atoms with Crippen LogP contribution >= 0.6 is 0 Å². The van der Waals surface area contributed by atoms with Crippen LogP contribution in [0.4, 0.5) is 0 Å². The number of carbonyl (C=O) groups excluding carboxylic acids is 4. The summed E-state index contributed by atoms with van der Waals surface area (Å²) in [4.78, 5) is 69.1. The van der Waals surface area contributed by atoms with Gasteiger partial charge < -0.3 is 25.0 Å². The molecule has 2 saturated carbocycles. The maximum atomic E-state index is 14.5. The highest BCUT2D eigenvalue weighted by molar-refractivity contribution is 7.91. The average molecular weight is 720 g/mol. The smallest absolute Gasteiger partial charge is 0.272 e. The Morgan fingerprint density at radius 3 is 2.49 bits per heavy atom. The maximum absolute atomic E-state index is 14.5. The Kier molecular flexibility index (Phi) is 9.48. The van der Waals surface area contributed by atoms with E-state index in [2.05, 4.69) is 36.9 Å². The van der Waals surface area contributed by atoms with Gasteiger partial charge in [0.1, 0.15) is 35.2 Å². The Labute approximate surface area is 295 Å². The van der Waals surface area contributed by atoms with Gasteiger partial charge in [-0.25, -0.2) is 18.4 Å². The summed E-state index contributed by atoms with van der Waals surface area (Å²) in [5, 5.41) is 6.39. The van der Waals surface area contributed by atoms with Crippen molar-refractivity contribution < 1.29 is 37.1 Å². The fraction of sp³-hybridized carbons (Fsp3) is 0.457. The highest BCUT2D eigenvalue weighted by Gasteiger charge is 2.62. The van der Waals surface area contributed by atoms with Crippen molar-refractivity contribution in [1.29, 1.82) is 0 Å². The largest absolute Gasteiger partial charge is 0.497 e. The molecule has 51 heavy (non-hydrogen) atoms. The van der Waals surface area contributed by atoms with Gasteiger partial charge in [0.2, 0.25) is 27.7 Å². The highest BCUT2D eigenvalue weighted by atomic mass is 32.2. The van der Waals surface area contributed by atoms with Gasteiger partial charge in [-0.1, -0.05) is 26.8 Å². The molecule has 16 heteroatoms. The molecule has 1 aromatic carbocycles. The molecule has 3 aliphatic rings. The number of amides is 4. The predicted octanol–water partition coefficient (Wildman–Crippen LogP) is 1.90. The molecule has 0 radical (unpaired) electrons. The van der Waals surface area contributed by atoms with Crippen molar-refractivity contribution in [2.24, 2.45) is 11.3 Å². The van der Waals surface area contributed by atoms with Crippen LogP contribution < -0.4 is 24.8 Å². The molecule has 1 aliphatic heterocycles. The minimum Gasteiger partial charge on any atom is -0.497 e. The lowest BCUT2D eigenvalue weighted by Crippen LogP contribution is -2.60. The number of benzene rings is 1. The lowest BCUT2D eigenvalue weighted by molar-refractivity contribution is -0.142. The van der Waals surface area contributed by atoms with E-state index >= 15 is 0 Å². The predicted molar refractivity (Wildman–Crippen MR) is 185 cm³/mol. The molecular weight excluding hydrogens is 678 g/mol. The molecule has 270 valence electrons. The molecule has 0 bridgehead atoms. The molecule has 3 aromatic rings. The summed E-state index contributed by atoms with van der Waals surface area (Å²) in [6.45, 7) is 9.03. The number of aromatic nitrogens is 3. The van der Waals surface area contributed by atoms with Crippen LogP contribution in [0.5, 0.6) is 11.6 Å². The Morgan fingerprint density at radius 2 is 1.86 bits per heavy atom. The van der Waals surface area contributed by atoms with Crippen molar-refractivity contribution in [2.75, 3.05) is 13.7 Å². The summed E-state index contributed by atoms with van der Waals surface area (Å²) in [5.41, 5.74) is -2.38. The van der Waals surface area contributed by atoms with Crippen LogP contribution in [0.25, 0.3) is 10.8 Å². The van der Waals surface area contributed by atoms with E-state index in [-0.39, 0.29) is 31.0 Å². The van der Waals surface area contributed by atoms with E-state index in [0.29, 0.717) is 24.0 Å². The van der Waals surface area contributed by atoms with E-state index in [4.69, 9.17) is 9.47 Å². The fourth-order valence-corrected chi connectivity index (χ4v) is 7.70. The van der Waals surface area contributed by atoms with Crippen LogP contribution in [0.2, 0.25) is 0 Å². The normalized spacial score (nSPS) is 23.5. The molecule has 5 atom stereocenters. The number of nitrogens with zero attached hydrogens (tertiary/aromatic N) is 4. The van der Waals surface area contributed by atoms with Gasteiger partial charge in [0, 0.05) is 36.3 Å². The number of likely N-dealkylation sites (tertiary alicyclic amines) is 1. The lowest BCUT2D eigenvalue weighted by Gasteiger charge is -2.35. The van der Waals surface area contributed by atoms with Gasteiger partial charge in [0.25, 0.3) is 11.8 Å². The maximum Gasteiger partial charge on any atom is 0.272 e. The molecule has 4 amide bonds. The first-order valence-electron chi connectivity index (χ1n) is 16.6. The first kappa shape index (κ1) is 35.7. The van der Waals surface area contributed by atoms with Gasteiger partial charge in [0.15, 0.2) is 0 Å². The summed E-state index contributed by atoms with van der Waals surface area (Å²) in [6.07, 6.45) is 7.46. The SMILES string of the molecule is C=C[C@@H]1CC1(NC(=O)[C@@H]1C[C@@H](Oc2nccc3cc(OC)ccc23)CN1C(=O)[C@@H](NC(=O)c1cnccn1)C(C)(C)C)C(=O)NS(=O)(=O)C1CC1. The third-order valence-corrected chi connectivity index (χ3v) is 11.3. The second-order valence-corrected chi connectivity index (χ2v) is 16.2. The second kappa shape index (κ2) is 13.5. The molecule has 6 rings (SSSR count). The molecule has 3 N–H and O–H groups in total. The molecular formula is C35H41N7O8S. The van der Waals surface area contributed by atoms with Crippen molar-refractivity contribution >= 4 is 44.4 Å². The molecule has 0 spiro atoms. The van der Waals surface area contributed by atoms with Gasteiger partial charge >= 0.3 is 0 Å². The van der Waals surface area contributed by atoms with Crippen molar-refractivity contribution in [3.05, 3.63) is 67.4 Å². The summed E-state index contributed by atoms with van der Waals surface area (Å²) >= 11 is 0. The molecule has 1 saturated heterocycles. The van der Waals surface area contributed by atoms with Crippen LogP contribution in [0.1, 0.15) is 56.9 Å². The monoisotopic (exact) mass is 719 g/mol. The minimum atomic E-state index is -3.90. The first-order valence-corrected chi connectivity index (χ1v) is 18.2. The fourth-order valence-electron chi connectivity index (χ4n) is 6.34. The number of pyridine rings is 1. The van der Waals surface area contributed by atoms with E-state index in [1.165, 1.54) is 29.6 Å². The molecule has 3 fully saturated rings. The minimum absolute atomic E-state index is 0.00781. The Balaban J connectivity index is 1.30. The lowest BCUT2D eigenvalue weighted by atomic mass is 9.85. The van der Waals surface area contributed by atoms with Crippen LogP contribution in [-0.4, -0.2) is 94.5 Å². The number of hydrogen-bond donors (Lipinski definition) is 3. The number of rotatable bonds is 12. The van der Waals surface area contributed by atoms with Crippen molar-refractivity contribution in [1.82, 2.24) is 35.2 Å². The summed E-state index contributed by atoms with van der Waals surface area (Å²) in [5.74, 6) is -2.32. The zero-order valence-electron chi connectivity index (χ0n) is 28.8. The third-order valence-electron chi connectivity index (χ3n) is 9.49. The van der Waals surface area contributed by atoms with E-state index in [9.17, 15) is 27.6 Å². The molecule has 15 nitrogen and oxygen atoms in total. The number of methoxy groups -OCH3 is 1. The number of fused-ring (bicyclic) bond motifs is 1. The molecule has 2 aliphatic carbocycles. The Bertz CT molecular complexity index is 1980. The molecule has 1 unspecified atom stereocenters. The summed E-state index contributed by atoms with van der Waals surface area (Å²) in [6, 6.07) is 4.93. The third kappa shape index (κ3) is 7.36. The van der Waals surface area contributed by atoms with Gasteiger partial charge in [-0.3, -0.25) is 28.9 Å². The van der Waals surface area contributed by atoms with E-state index < -0.39 is 74.0 Å². The molecule has 2 aromatic heterocycles. The van der Waals surface area contributed by atoms with E-state index in [1.807, 2.05) is 6.07 Å². The van der Waals surface area contributed by atoms with Crippen LogP contribution in [0.3, 0.4) is 0 Å². The van der Waals surface area contributed by atoms with E-state index in [1.54, 1.807) is 52.3 Å². The number of sulfonamides is 1. The first-order chi connectivity index (χ1) is 24.2. The number of hydrogen-bond acceptors (Lipinski definition) is 11. The van der Waals surface area contributed by atoms with Gasteiger partial charge in [0.05, 0.1) is 25.1 Å². The summed E-state index contributed by atoms with van der Waals surface area (Å²) < 4.78 is 39.2. The van der Waals surface area contributed by atoms with E-state index in [0.717, 1.165) is 5.39 Å². The topological polar surface area (TPSA) is 199 Å². The van der Waals surface area contributed by atoms with Crippen LogP contribution in [0.15, 0.2) is 61.7 Å². The Morgan fingerprint density at radius 1 is 1.10 bits per heavy atom. The average Bonchev–Trinajstić information content (AvgIpc) is 4.03. The second-order valence-electron chi connectivity index (χ2n) is 14.2. The summed E-state index contributed by atoms with van der Waals surface area (Å²) in [7, 11) is -2.34. The zero-order chi connectivity index (χ0) is 36.7. The standard InChI is InChI=1S/C35H41N7O8S/c1-6-21-17-35(21,33(46)41-51(47,48)24-8-9-24)40-30(44)27-16-23(50-31-25-10-7-22(49-5)15-20(25)11-12-38-31)19-42(27)32(45)28(34(2,3)4)39-29(43)26-18-36-13-14-37-26/h6-7,10-15,18,21,23-24,27-28H,1,8-9,16-17,19H2,2-5H3,(H,39,43)(H,40,44)(H,41,46)/t21-,23-,27+,28-,35?/m1/s1. The highest BCUT2D eigenvalue weighted by Crippen LogP contribution is 2.45. The Hall–Kier alpha value is -5.12. The number of carbonyl (C=O) groups is 4. The van der Waals surface area contributed by atoms with Crippen molar-refractivity contribution in [3.63, 3.8) is 0 Å². The van der Waals surface area contributed by atoms with Crippen molar-refractivity contribution in [2.45, 2.75) is 75.4 Å². The molecule has 3 heterocycles. The zero-order valence-corrected chi connectivity index (χ0v) is 29.6. The van der Waals surface area contributed by atoms with Gasteiger partial charge in [-0.2, -0.15) is 0 Å². The quantitative estimate of drug-likeness (QED) is 0.231. The van der Waals surface area contributed by atoms with Gasteiger partial charge in [-0.05, 0) is 54.3 Å².